The van der Waals surface area contributed by atoms with Crippen molar-refractivity contribution in [3.05, 3.63) is 29.8 Å². The van der Waals surface area contributed by atoms with Crippen molar-refractivity contribution in [1.82, 2.24) is 4.90 Å². The van der Waals surface area contributed by atoms with Gasteiger partial charge in [0.25, 0.3) is 0 Å². The molecule has 3 nitrogen and oxygen atoms in total. The quantitative estimate of drug-likeness (QED) is 0.847. The van der Waals surface area contributed by atoms with Gasteiger partial charge in [-0.3, -0.25) is 4.79 Å². The lowest BCUT2D eigenvalue weighted by Crippen LogP contribution is -2.43. The number of benzene rings is 1. The van der Waals surface area contributed by atoms with E-state index in [1.165, 1.54) is 19.3 Å². The van der Waals surface area contributed by atoms with Crippen molar-refractivity contribution in [2.45, 2.75) is 44.6 Å². The first-order chi connectivity index (χ1) is 9.70. The average molecular weight is 296 g/mol. The van der Waals surface area contributed by atoms with Crippen LogP contribution in [0.15, 0.2) is 24.3 Å². The van der Waals surface area contributed by atoms with Crippen molar-refractivity contribution in [2.24, 2.45) is 0 Å². The summed E-state index contributed by atoms with van der Waals surface area (Å²) in [4.78, 5) is 14.4. The van der Waals surface area contributed by atoms with Gasteiger partial charge in [-0.2, -0.15) is 0 Å². The average Bonchev–Trinajstić information content (AvgIpc) is 2.45. The first-order valence-electron chi connectivity index (χ1n) is 7.34. The van der Waals surface area contributed by atoms with Crippen LogP contribution in [0.1, 0.15) is 37.7 Å². The summed E-state index contributed by atoms with van der Waals surface area (Å²) in [6.45, 7) is 0.615. The van der Waals surface area contributed by atoms with Gasteiger partial charge in [-0.15, -0.1) is 11.6 Å². The molecule has 0 heterocycles. The number of amides is 1. The lowest BCUT2D eigenvalue weighted by molar-refractivity contribution is -0.133. The summed E-state index contributed by atoms with van der Waals surface area (Å²) in [5, 5.41) is 9.47. The summed E-state index contributed by atoms with van der Waals surface area (Å²) in [7, 11) is 0. The van der Waals surface area contributed by atoms with Gasteiger partial charge >= 0.3 is 0 Å². The zero-order chi connectivity index (χ0) is 14.4. The van der Waals surface area contributed by atoms with E-state index in [9.17, 15) is 9.90 Å². The Kier molecular flexibility index (Phi) is 5.72. The number of hydrogen-bond acceptors (Lipinski definition) is 2. The third kappa shape index (κ3) is 4.14. The summed E-state index contributed by atoms with van der Waals surface area (Å²) in [6.07, 6.45) is 6.17. The largest absolute Gasteiger partial charge is 0.508 e. The molecule has 0 radical (unpaired) electrons. The second kappa shape index (κ2) is 7.53. The number of alkyl halides is 1. The Bertz CT molecular complexity index is 444. The highest BCUT2D eigenvalue weighted by Crippen LogP contribution is 2.23. The third-order valence-electron chi connectivity index (χ3n) is 3.93. The molecular formula is C16H22ClNO2. The van der Waals surface area contributed by atoms with E-state index in [4.69, 9.17) is 11.6 Å². The number of nitrogens with zero attached hydrogens (tertiary/aromatic N) is 1. The van der Waals surface area contributed by atoms with E-state index in [-0.39, 0.29) is 11.7 Å². The molecule has 110 valence electrons. The first kappa shape index (κ1) is 15.2. The highest BCUT2D eigenvalue weighted by molar-refractivity contribution is 6.18. The van der Waals surface area contributed by atoms with Gasteiger partial charge in [-0.25, -0.2) is 0 Å². The zero-order valence-corrected chi connectivity index (χ0v) is 12.5. The number of aromatic hydroxyl groups is 1. The summed E-state index contributed by atoms with van der Waals surface area (Å²) in [6, 6.07) is 7.25. The topological polar surface area (TPSA) is 40.5 Å². The number of hydrogen-bond donors (Lipinski definition) is 1. The number of phenolic OH excluding ortho intramolecular Hbond substituents is 1. The second-order valence-electron chi connectivity index (χ2n) is 5.41. The molecule has 1 aromatic carbocycles. The minimum Gasteiger partial charge on any atom is -0.508 e. The van der Waals surface area contributed by atoms with Gasteiger partial charge in [0.05, 0.1) is 6.42 Å². The van der Waals surface area contributed by atoms with Gasteiger partial charge in [0.15, 0.2) is 0 Å². The number of phenols is 1. The van der Waals surface area contributed by atoms with Gasteiger partial charge in [-0.1, -0.05) is 31.4 Å². The molecule has 20 heavy (non-hydrogen) atoms. The van der Waals surface area contributed by atoms with Crippen LogP contribution in [0.2, 0.25) is 0 Å². The van der Waals surface area contributed by atoms with Crippen molar-refractivity contribution in [3.8, 4) is 5.75 Å². The molecule has 4 heteroatoms. The van der Waals surface area contributed by atoms with Crippen LogP contribution in [0.25, 0.3) is 0 Å². The molecular weight excluding hydrogens is 274 g/mol. The summed E-state index contributed by atoms with van der Waals surface area (Å²) >= 11 is 5.85. The van der Waals surface area contributed by atoms with Crippen LogP contribution in [0.5, 0.6) is 5.75 Å². The molecule has 1 aliphatic carbocycles. The molecule has 0 unspecified atom stereocenters. The normalized spacial score (nSPS) is 16.1. The van der Waals surface area contributed by atoms with Gasteiger partial charge in [-0.05, 0) is 30.5 Å². The first-order valence-corrected chi connectivity index (χ1v) is 7.87. The summed E-state index contributed by atoms with van der Waals surface area (Å²) in [5.41, 5.74) is 0.852. The van der Waals surface area contributed by atoms with Crippen molar-refractivity contribution < 1.29 is 9.90 Å². The van der Waals surface area contributed by atoms with E-state index >= 15 is 0 Å². The summed E-state index contributed by atoms with van der Waals surface area (Å²) < 4.78 is 0. The number of rotatable bonds is 5. The Hall–Kier alpha value is -1.22. The number of halogens is 1. The fourth-order valence-corrected chi connectivity index (χ4v) is 3.12. The number of carbonyl (C=O) groups is 1. The van der Waals surface area contributed by atoms with E-state index < -0.39 is 0 Å². The van der Waals surface area contributed by atoms with Crippen molar-refractivity contribution in [2.75, 3.05) is 12.4 Å². The molecule has 2 rings (SSSR count). The van der Waals surface area contributed by atoms with Crippen molar-refractivity contribution >= 4 is 17.5 Å². The standard InChI is InChI=1S/C16H22ClNO2/c17-9-10-18(14-6-2-1-3-7-14)16(20)12-13-5-4-8-15(19)11-13/h4-5,8,11,14,19H,1-3,6-7,9-10,12H2. The molecule has 0 saturated heterocycles. The molecule has 1 aromatic rings. The highest BCUT2D eigenvalue weighted by Gasteiger charge is 2.24. The van der Waals surface area contributed by atoms with Crippen LogP contribution in [0.3, 0.4) is 0 Å². The Morgan fingerprint density at radius 1 is 1.30 bits per heavy atom. The monoisotopic (exact) mass is 295 g/mol. The van der Waals surface area contributed by atoms with Gasteiger partial charge < -0.3 is 10.0 Å². The minimum absolute atomic E-state index is 0.114. The van der Waals surface area contributed by atoms with E-state index in [0.29, 0.717) is 24.9 Å². The molecule has 0 bridgehead atoms. The van der Waals surface area contributed by atoms with Crippen LogP contribution in [-0.2, 0) is 11.2 Å². The molecule has 1 aliphatic rings. The van der Waals surface area contributed by atoms with Crippen LogP contribution >= 0.6 is 11.6 Å². The molecule has 1 fully saturated rings. The molecule has 1 saturated carbocycles. The van der Waals surface area contributed by atoms with Crippen LogP contribution in [-0.4, -0.2) is 34.4 Å². The van der Waals surface area contributed by atoms with Gasteiger partial charge in [0.1, 0.15) is 5.75 Å². The maximum absolute atomic E-state index is 12.5. The SMILES string of the molecule is O=C(Cc1cccc(O)c1)N(CCCl)C1CCCCC1. The number of carbonyl (C=O) groups excluding carboxylic acids is 1. The highest BCUT2D eigenvalue weighted by atomic mass is 35.5. The Labute approximate surface area is 125 Å². The van der Waals surface area contributed by atoms with E-state index in [1.807, 2.05) is 11.0 Å². The van der Waals surface area contributed by atoms with Crippen molar-refractivity contribution in [1.29, 1.82) is 0 Å². The molecule has 0 atom stereocenters. The Morgan fingerprint density at radius 3 is 2.70 bits per heavy atom. The smallest absolute Gasteiger partial charge is 0.227 e. The van der Waals surface area contributed by atoms with Crippen molar-refractivity contribution in [3.63, 3.8) is 0 Å². The summed E-state index contributed by atoms with van der Waals surface area (Å²) in [5.74, 6) is 0.794. The predicted molar refractivity (Wildman–Crippen MR) is 81.1 cm³/mol. The van der Waals surface area contributed by atoms with E-state index in [2.05, 4.69) is 0 Å². The Balaban J connectivity index is 2.02. The van der Waals surface area contributed by atoms with E-state index in [0.717, 1.165) is 18.4 Å². The zero-order valence-electron chi connectivity index (χ0n) is 11.7. The lowest BCUT2D eigenvalue weighted by Gasteiger charge is -2.34. The maximum Gasteiger partial charge on any atom is 0.227 e. The minimum atomic E-state index is 0.114. The molecule has 1 amide bonds. The lowest BCUT2D eigenvalue weighted by atomic mass is 9.93. The molecule has 0 aromatic heterocycles. The maximum atomic E-state index is 12.5. The fraction of sp³-hybridized carbons (Fsp3) is 0.562. The second-order valence-corrected chi connectivity index (χ2v) is 5.79. The molecule has 0 spiro atoms. The fourth-order valence-electron chi connectivity index (χ4n) is 2.94. The van der Waals surface area contributed by atoms with Crippen LogP contribution in [0.4, 0.5) is 0 Å². The van der Waals surface area contributed by atoms with Gasteiger partial charge in [0, 0.05) is 18.5 Å². The molecule has 1 N–H and O–H groups in total. The van der Waals surface area contributed by atoms with Crippen LogP contribution < -0.4 is 0 Å². The van der Waals surface area contributed by atoms with E-state index in [1.54, 1.807) is 18.2 Å². The van der Waals surface area contributed by atoms with Gasteiger partial charge in [0.2, 0.25) is 5.91 Å². The molecule has 0 aliphatic heterocycles. The Morgan fingerprint density at radius 2 is 2.05 bits per heavy atom. The predicted octanol–water partition coefficient (Wildman–Crippen LogP) is 3.33. The van der Waals surface area contributed by atoms with Crippen LogP contribution in [0, 0.1) is 0 Å². The third-order valence-corrected chi connectivity index (χ3v) is 4.10.